The number of ether oxygens (including phenoxy) is 1. The number of rotatable bonds is 6. The van der Waals surface area contributed by atoms with Gasteiger partial charge in [0.05, 0.1) is 0 Å². The molecule has 1 rings (SSSR count). The Balaban J connectivity index is 2.50. The molecule has 0 saturated heterocycles. The second-order valence-electron chi connectivity index (χ2n) is 4.34. The van der Waals surface area contributed by atoms with Crippen molar-refractivity contribution < 1.29 is 14.3 Å². The van der Waals surface area contributed by atoms with Crippen LogP contribution in [0.4, 0.5) is 0 Å². The number of hydrogen-bond acceptors (Lipinski definition) is 3. The van der Waals surface area contributed by atoms with Crippen molar-refractivity contribution in [2.45, 2.75) is 32.9 Å². The Morgan fingerprint density at radius 2 is 1.80 bits per heavy atom. The molecule has 0 radical (unpaired) electrons. The fourth-order valence-corrected chi connectivity index (χ4v) is 1.76. The first-order valence-corrected chi connectivity index (χ1v) is 7.23. The smallest absolute Gasteiger partial charge is 0.261 e. The Morgan fingerprint density at radius 3 is 2.35 bits per heavy atom. The van der Waals surface area contributed by atoms with E-state index in [4.69, 9.17) is 4.74 Å². The molecule has 0 fully saturated rings. The molecule has 2 atom stereocenters. The summed E-state index contributed by atoms with van der Waals surface area (Å²) in [7, 11) is 0. The predicted molar refractivity (Wildman–Crippen MR) is 80.5 cm³/mol. The Kier molecular flexibility index (Phi) is 6.51. The van der Waals surface area contributed by atoms with Gasteiger partial charge in [0.25, 0.3) is 5.91 Å². The maximum Gasteiger partial charge on any atom is 0.261 e. The molecule has 2 amide bonds. The maximum absolute atomic E-state index is 11.9. The molecule has 1 aromatic carbocycles. The van der Waals surface area contributed by atoms with Crippen LogP contribution in [0.15, 0.2) is 28.7 Å². The lowest BCUT2D eigenvalue weighted by atomic mass is 10.2. The predicted octanol–water partition coefficient (Wildman–Crippen LogP) is 1.86. The summed E-state index contributed by atoms with van der Waals surface area (Å²) in [6.45, 7) is 5.63. The number of benzene rings is 1. The van der Waals surface area contributed by atoms with E-state index in [1.807, 2.05) is 19.1 Å². The highest BCUT2D eigenvalue weighted by Gasteiger charge is 2.20. The van der Waals surface area contributed by atoms with Crippen molar-refractivity contribution in [2.24, 2.45) is 0 Å². The number of carbonyl (C=O) groups is 2. The van der Waals surface area contributed by atoms with E-state index in [2.05, 4.69) is 26.6 Å². The van der Waals surface area contributed by atoms with Crippen LogP contribution in [-0.4, -0.2) is 30.5 Å². The lowest BCUT2D eigenvalue weighted by Crippen LogP contribution is -2.48. The molecular weight excluding hydrogens is 324 g/mol. The largest absolute Gasteiger partial charge is 0.481 e. The first-order chi connectivity index (χ1) is 9.43. The Bertz CT molecular complexity index is 462. The van der Waals surface area contributed by atoms with Gasteiger partial charge in [-0.25, -0.2) is 0 Å². The molecular formula is C14H19BrN2O3. The van der Waals surface area contributed by atoms with Gasteiger partial charge in [0, 0.05) is 11.0 Å². The highest BCUT2D eigenvalue weighted by Crippen LogP contribution is 2.17. The fraction of sp³-hybridized carbons (Fsp3) is 0.429. The summed E-state index contributed by atoms with van der Waals surface area (Å²) in [6.07, 6.45) is -0.673. The van der Waals surface area contributed by atoms with E-state index < -0.39 is 12.1 Å². The van der Waals surface area contributed by atoms with Crippen molar-refractivity contribution >= 4 is 27.7 Å². The number of nitrogens with one attached hydrogen (secondary N) is 2. The molecule has 0 aromatic heterocycles. The van der Waals surface area contributed by atoms with Crippen LogP contribution in [0.5, 0.6) is 5.75 Å². The van der Waals surface area contributed by atoms with E-state index in [9.17, 15) is 9.59 Å². The lowest BCUT2D eigenvalue weighted by Gasteiger charge is -2.18. The molecule has 5 nitrogen and oxygen atoms in total. The second-order valence-corrected chi connectivity index (χ2v) is 5.25. The maximum atomic E-state index is 11.9. The minimum absolute atomic E-state index is 0.211. The van der Waals surface area contributed by atoms with Crippen LogP contribution >= 0.6 is 15.9 Å². The highest BCUT2D eigenvalue weighted by molar-refractivity contribution is 9.10. The molecule has 0 aliphatic rings. The standard InChI is InChI=1S/C14H19BrN2O3/c1-4-16-13(18)9(2)17-14(19)10(3)20-12-7-5-11(15)6-8-12/h5-10H,4H2,1-3H3,(H,16,18)(H,17,19)/t9-,10-/m1/s1. The van der Waals surface area contributed by atoms with Crippen molar-refractivity contribution in [1.82, 2.24) is 10.6 Å². The highest BCUT2D eigenvalue weighted by atomic mass is 79.9. The van der Waals surface area contributed by atoms with Gasteiger partial charge in [-0.3, -0.25) is 9.59 Å². The number of hydrogen-bond donors (Lipinski definition) is 2. The van der Waals surface area contributed by atoms with Crippen LogP contribution in [0.1, 0.15) is 20.8 Å². The SMILES string of the molecule is CCNC(=O)[C@@H](C)NC(=O)[C@@H](C)Oc1ccc(Br)cc1. The zero-order valence-electron chi connectivity index (χ0n) is 11.8. The number of amides is 2. The third-order valence-electron chi connectivity index (χ3n) is 2.60. The Labute approximate surface area is 127 Å². The summed E-state index contributed by atoms with van der Waals surface area (Å²) >= 11 is 3.32. The third-order valence-corrected chi connectivity index (χ3v) is 3.13. The summed E-state index contributed by atoms with van der Waals surface area (Å²) in [5, 5.41) is 5.26. The van der Waals surface area contributed by atoms with E-state index in [0.29, 0.717) is 12.3 Å². The Hall–Kier alpha value is -1.56. The normalized spacial score (nSPS) is 13.2. The molecule has 0 heterocycles. The summed E-state index contributed by atoms with van der Waals surface area (Å²) in [4.78, 5) is 23.4. The molecule has 0 spiro atoms. The van der Waals surface area contributed by atoms with Gasteiger partial charge in [-0.15, -0.1) is 0 Å². The lowest BCUT2D eigenvalue weighted by molar-refractivity contribution is -0.132. The summed E-state index contributed by atoms with van der Waals surface area (Å²) < 4.78 is 6.44. The van der Waals surface area contributed by atoms with Crippen molar-refractivity contribution in [3.8, 4) is 5.75 Å². The van der Waals surface area contributed by atoms with E-state index in [-0.39, 0.29) is 11.8 Å². The van der Waals surface area contributed by atoms with Crippen LogP contribution in [-0.2, 0) is 9.59 Å². The van der Waals surface area contributed by atoms with E-state index in [1.54, 1.807) is 26.0 Å². The first kappa shape index (κ1) is 16.5. The van der Waals surface area contributed by atoms with E-state index in [0.717, 1.165) is 4.47 Å². The van der Waals surface area contributed by atoms with Crippen LogP contribution in [0, 0.1) is 0 Å². The molecule has 0 unspecified atom stereocenters. The third kappa shape index (κ3) is 5.21. The summed E-state index contributed by atoms with van der Waals surface area (Å²) in [5.74, 6) is 0.0601. The van der Waals surface area contributed by atoms with Gasteiger partial charge in [-0.1, -0.05) is 15.9 Å². The van der Waals surface area contributed by atoms with Crippen molar-refractivity contribution in [3.63, 3.8) is 0 Å². The summed E-state index contributed by atoms with van der Waals surface area (Å²) in [6, 6.07) is 6.61. The van der Waals surface area contributed by atoms with Gasteiger partial charge in [-0.05, 0) is 45.0 Å². The summed E-state index contributed by atoms with van der Waals surface area (Å²) in [5.41, 5.74) is 0. The van der Waals surface area contributed by atoms with Gasteiger partial charge in [-0.2, -0.15) is 0 Å². The van der Waals surface area contributed by atoms with Gasteiger partial charge in [0.15, 0.2) is 6.10 Å². The molecule has 0 bridgehead atoms. The zero-order chi connectivity index (χ0) is 15.1. The molecule has 0 aliphatic heterocycles. The average Bonchev–Trinajstić information content (AvgIpc) is 2.41. The van der Waals surface area contributed by atoms with Gasteiger partial charge >= 0.3 is 0 Å². The monoisotopic (exact) mass is 342 g/mol. The average molecular weight is 343 g/mol. The molecule has 2 N–H and O–H groups in total. The van der Waals surface area contributed by atoms with Crippen molar-refractivity contribution in [1.29, 1.82) is 0 Å². The molecule has 0 saturated carbocycles. The van der Waals surface area contributed by atoms with Crippen LogP contribution in [0.25, 0.3) is 0 Å². The Morgan fingerprint density at radius 1 is 1.20 bits per heavy atom. The molecule has 20 heavy (non-hydrogen) atoms. The van der Waals surface area contributed by atoms with Crippen molar-refractivity contribution in [2.75, 3.05) is 6.54 Å². The number of likely N-dealkylation sites (N-methyl/N-ethyl adjacent to an activating group) is 1. The van der Waals surface area contributed by atoms with Crippen LogP contribution < -0.4 is 15.4 Å². The first-order valence-electron chi connectivity index (χ1n) is 6.44. The van der Waals surface area contributed by atoms with Crippen molar-refractivity contribution in [3.05, 3.63) is 28.7 Å². The number of carbonyl (C=O) groups excluding carboxylic acids is 2. The number of halogens is 1. The molecule has 0 aliphatic carbocycles. The van der Waals surface area contributed by atoms with Crippen LogP contribution in [0.3, 0.4) is 0 Å². The minimum atomic E-state index is -0.673. The van der Waals surface area contributed by atoms with E-state index in [1.165, 1.54) is 0 Å². The van der Waals surface area contributed by atoms with Gasteiger partial charge in [0.2, 0.25) is 5.91 Å². The fourth-order valence-electron chi connectivity index (χ4n) is 1.49. The zero-order valence-corrected chi connectivity index (χ0v) is 13.4. The molecule has 110 valence electrons. The molecule has 6 heteroatoms. The molecule has 1 aromatic rings. The van der Waals surface area contributed by atoms with E-state index >= 15 is 0 Å². The quantitative estimate of drug-likeness (QED) is 0.829. The van der Waals surface area contributed by atoms with Crippen LogP contribution in [0.2, 0.25) is 0 Å². The van der Waals surface area contributed by atoms with Gasteiger partial charge in [0.1, 0.15) is 11.8 Å². The topological polar surface area (TPSA) is 67.4 Å². The second kappa shape index (κ2) is 7.89. The minimum Gasteiger partial charge on any atom is -0.481 e. The van der Waals surface area contributed by atoms with Gasteiger partial charge < -0.3 is 15.4 Å².